The Bertz CT molecular complexity index is 1930. The lowest BCUT2D eigenvalue weighted by atomic mass is 9.44. The van der Waals surface area contributed by atoms with Crippen LogP contribution in [0.25, 0.3) is 5.57 Å². The van der Waals surface area contributed by atoms with E-state index < -0.39 is 35.0 Å². The highest BCUT2D eigenvalue weighted by Gasteiger charge is 2.66. The number of hydrogen-bond acceptors (Lipinski definition) is 6. The number of ether oxygens (including phenoxy) is 1. The summed E-state index contributed by atoms with van der Waals surface area (Å²) in [7, 11) is 1.47. The predicted octanol–water partition coefficient (Wildman–Crippen LogP) is 7.32. The van der Waals surface area contributed by atoms with Gasteiger partial charge in [-0.25, -0.2) is 0 Å². The third kappa shape index (κ3) is 4.73. The first-order valence-corrected chi connectivity index (χ1v) is 18.1. The van der Waals surface area contributed by atoms with Gasteiger partial charge in [0.2, 0.25) is 11.8 Å². The van der Waals surface area contributed by atoms with Crippen LogP contribution in [-0.4, -0.2) is 46.5 Å². The normalized spacial score (nSPS) is 29.9. The Morgan fingerprint density at radius 2 is 1.57 bits per heavy atom. The van der Waals surface area contributed by atoms with Gasteiger partial charge in [-0.1, -0.05) is 108 Å². The van der Waals surface area contributed by atoms with Crippen molar-refractivity contribution in [1.82, 2.24) is 4.90 Å². The lowest BCUT2D eigenvalue weighted by Gasteiger charge is -2.55. The molecule has 2 saturated carbocycles. The first kappa shape index (κ1) is 31.9. The summed E-state index contributed by atoms with van der Waals surface area (Å²) in [6.07, 6.45) is 8.82. The molecule has 0 spiro atoms. The van der Waals surface area contributed by atoms with Gasteiger partial charge in [-0.05, 0) is 60.9 Å². The maximum Gasteiger partial charge on any atom is 0.233 e. The number of methoxy groups -OCH3 is 1. The molecule has 0 bridgehead atoms. The molecule has 250 valence electrons. The first-order valence-electron chi connectivity index (χ1n) is 17.3. The highest BCUT2D eigenvalue weighted by molar-refractivity contribution is 9.10. The summed E-state index contributed by atoms with van der Waals surface area (Å²) in [5.41, 5.74) is 1.50. The molecule has 7 nitrogen and oxygen atoms in total. The van der Waals surface area contributed by atoms with Gasteiger partial charge < -0.3 is 9.84 Å². The van der Waals surface area contributed by atoms with Crippen molar-refractivity contribution in [1.29, 1.82) is 0 Å². The number of Topliss-reactive ketones (excluding diaryl/α,β-unsaturated/α-hetero) is 1. The van der Waals surface area contributed by atoms with Crippen molar-refractivity contribution in [2.24, 2.45) is 23.7 Å². The lowest BCUT2D eigenvalue weighted by molar-refractivity contribution is -0.144. The van der Waals surface area contributed by atoms with E-state index >= 15 is 9.59 Å². The number of rotatable bonds is 5. The molecule has 8 heteroatoms. The van der Waals surface area contributed by atoms with E-state index in [0.717, 1.165) is 37.7 Å². The number of fused-ring (bicyclic) bond motifs is 4. The van der Waals surface area contributed by atoms with E-state index in [1.807, 2.05) is 66.7 Å². The van der Waals surface area contributed by atoms with Crippen LogP contribution in [0.3, 0.4) is 0 Å². The van der Waals surface area contributed by atoms with Gasteiger partial charge in [0, 0.05) is 33.5 Å². The van der Waals surface area contributed by atoms with Crippen LogP contribution in [0.4, 0.5) is 0 Å². The molecule has 6 atom stereocenters. The van der Waals surface area contributed by atoms with Crippen LogP contribution in [0.2, 0.25) is 0 Å². The van der Waals surface area contributed by atoms with E-state index in [1.54, 1.807) is 17.0 Å². The van der Waals surface area contributed by atoms with Gasteiger partial charge in [0.15, 0.2) is 23.1 Å². The van der Waals surface area contributed by atoms with Gasteiger partial charge in [0.05, 0.1) is 24.4 Å². The second-order valence-corrected chi connectivity index (χ2v) is 15.1. The lowest BCUT2D eigenvalue weighted by Crippen LogP contribution is -2.58. The largest absolute Gasteiger partial charge is 0.504 e. The van der Waals surface area contributed by atoms with Crippen molar-refractivity contribution in [3.05, 3.63) is 112 Å². The number of benzene rings is 3. The number of likely N-dealkylation sites (tertiary alicyclic amines) is 1. The number of phenolic OH excluding ortho intramolecular Hbond substituents is 1. The Morgan fingerprint density at radius 1 is 0.878 bits per heavy atom. The summed E-state index contributed by atoms with van der Waals surface area (Å²) in [5.74, 6) is -3.90. The molecular weight excluding hydrogens is 682 g/mol. The average molecular weight is 721 g/mol. The molecule has 0 radical (unpaired) electrons. The van der Waals surface area contributed by atoms with Gasteiger partial charge in [0.25, 0.3) is 0 Å². The minimum Gasteiger partial charge on any atom is -0.504 e. The van der Waals surface area contributed by atoms with Crippen molar-refractivity contribution in [3.63, 3.8) is 0 Å². The minimum atomic E-state index is -1.43. The minimum absolute atomic E-state index is 0.102. The zero-order chi connectivity index (χ0) is 34.0. The highest BCUT2D eigenvalue weighted by atomic mass is 79.9. The van der Waals surface area contributed by atoms with Crippen LogP contribution in [0.15, 0.2) is 95.0 Å². The molecule has 1 N–H and O–H groups in total. The summed E-state index contributed by atoms with van der Waals surface area (Å²) in [5, 5.41) is 11.9. The van der Waals surface area contributed by atoms with E-state index in [9.17, 15) is 14.7 Å². The molecule has 2 amide bonds. The Morgan fingerprint density at radius 3 is 2.27 bits per heavy atom. The first-order chi connectivity index (χ1) is 23.8. The van der Waals surface area contributed by atoms with Crippen molar-refractivity contribution in [2.75, 3.05) is 7.11 Å². The topological polar surface area (TPSA) is 101 Å². The molecule has 3 aromatic rings. The van der Waals surface area contributed by atoms with E-state index in [2.05, 4.69) is 15.9 Å². The summed E-state index contributed by atoms with van der Waals surface area (Å²) < 4.78 is 6.24. The standard InChI is InChI=1S/C41H38BrNO6/c1-49-33-20-25(42)19-31(38(33)46)36-27-17-18-28-35(40(48)43(39(28)47)26-15-9-4-10-16-26)30(27)21-32-37(45)29(23-11-5-2-6-12-23)22-34(44)41(32,36)24-13-7-3-8-14-24/h2-3,5-8,11-14,17,19-20,22,26,28,30,32,35-36,46H,4,9-10,15-16,18,21H2,1H3/t28-,30+,32-,35-,36+,41-/m0/s1. The molecule has 49 heavy (non-hydrogen) atoms. The summed E-state index contributed by atoms with van der Waals surface area (Å²) in [6, 6.07) is 22.0. The van der Waals surface area contributed by atoms with Crippen molar-refractivity contribution >= 4 is 44.9 Å². The number of aromatic hydroxyl groups is 1. The maximum absolute atomic E-state index is 15.2. The van der Waals surface area contributed by atoms with Crippen LogP contribution in [0.1, 0.15) is 67.6 Å². The van der Waals surface area contributed by atoms with Gasteiger partial charge in [-0.2, -0.15) is 0 Å². The van der Waals surface area contributed by atoms with E-state index in [-0.39, 0.29) is 47.3 Å². The maximum atomic E-state index is 15.2. The van der Waals surface area contributed by atoms with E-state index in [4.69, 9.17) is 4.74 Å². The van der Waals surface area contributed by atoms with Gasteiger partial charge >= 0.3 is 0 Å². The number of amides is 2. The molecule has 5 aliphatic rings. The number of phenols is 1. The molecule has 1 aliphatic heterocycles. The van der Waals surface area contributed by atoms with Crippen LogP contribution in [0, 0.1) is 23.7 Å². The van der Waals surface area contributed by atoms with Crippen LogP contribution in [0.5, 0.6) is 11.5 Å². The summed E-state index contributed by atoms with van der Waals surface area (Å²) >= 11 is 3.61. The number of ketones is 2. The molecule has 4 aliphatic carbocycles. The number of halogens is 1. The van der Waals surface area contributed by atoms with Gasteiger partial charge in [0.1, 0.15) is 0 Å². The second-order valence-electron chi connectivity index (χ2n) is 14.2. The number of carbonyl (C=O) groups is 4. The van der Waals surface area contributed by atoms with Gasteiger partial charge in [-0.15, -0.1) is 0 Å². The average Bonchev–Trinajstić information content (AvgIpc) is 3.39. The predicted molar refractivity (Wildman–Crippen MR) is 188 cm³/mol. The molecule has 1 saturated heterocycles. The number of hydrogen-bond donors (Lipinski definition) is 1. The van der Waals surface area contributed by atoms with Crippen molar-refractivity contribution in [2.45, 2.75) is 62.3 Å². The van der Waals surface area contributed by atoms with Crippen LogP contribution < -0.4 is 4.74 Å². The van der Waals surface area contributed by atoms with Gasteiger partial charge in [-0.3, -0.25) is 24.1 Å². The summed E-state index contributed by atoms with van der Waals surface area (Å²) in [4.78, 5) is 60.4. The third-order valence-corrected chi connectivity index (χ3v) is 12.4. The molecule has 3 fully saturated rings. The van der Waals surface area contributed by atoms with E-state index in [1.165, 1.54) is 13.2 Å². The Hall–Kier alpha value is -4.30. The van der Waals surface area contributed by atoms with Crippen LogP contribution >= 0.6 is 15.9 Å². The fourth-order valence-electron chi connectivity index (χ4n) is 9.91. The fourth-order valence-corrected chi connectivity index (χ4v) is 10.4. The second kappa shape index (κ2) is 12.2. The van der Waals surface area contributed by atoms with E-state index in [0.29, 0.717) is 33.2 Å². The number of carbonyl (C=O) groups excluding carboxylic acids is 4. The SMILES string of the molecule is COc1cc(Br)cc([C@H]2C3=CC[C@@H]4C(=O)N(C5CCCCC5)C(=O)[C@@H]4[C@@H]3C[C@H]3C(=O)C(c4ccccc4)=CC(=O)[C@@]23c2ccccc2)c1O. The summed E-state index contributed by atoms with van der Waals surface area (Å²) in [6.45, 7) is 0. The van der Waals surface area contributed by atoms with Crippen LogP contribution in [-0.2, 0) is 24.6 Å². The Kier molecular flexibility index (Phi) is 7.97. The molecule has 8 rings (SSSR count). The molecule has 0 aromatic heterocycles. The zero-order valence-electron chi connectivity index (χ0n) is 27.3. The molecule has 3 aromatic carbocycles. The smallest absolute Gasteiger partial charge is 0.233 e. The van der Waals surface area contributed by atoms with Crippen molar-refractivity contribution < 1.29 is 29.0 Å². The van der Waals surface area contributed by atoms with Crippen molar-refractivity contribution in [3.8, 4) is 11.5 Å². The number of nitrogens with zero attached hydrogens (tertiary/aromatic N) is 1. The third-order valence-electron chi connectivity index (χ3n) is 11.9. The quantitative estimate of drug-likeness (QED) is 0.219. The Labute approximate surface area is 294 Å². The molecule has 1 heterocycles. The zero-order valence-corrected chi connectivity index (χ0v) is 28.9. The molecule has 0 unspecified atom stereocenters. The number of allylic oxidation sites excluding steroid dienone is 4. The Balaban J connectivity index is 1.38. The monoisotopic (exact) mass is 719 g/mol. The highest BCUT2D eigenvalue weighted by Crippen LogP contribution is 2.65. The fraction of sp³-hybridized carbons (Fsp3) is 0.366. The molecular formula is C41H38BrNO6. The number of imide groups is 1.